The number of nitrogens with zero attached hydrogens (tertiary/aromatic N) is 1. The van der Waals surface area contributed by atoms with Crippen LogP contribution in [0.15, 0.2) is 54.6 Å². The first-order valence-corrected chi connectivity index (χ1v) is 10.0. The van der Waals surface area contributed by atoms with Gasteiger partial charge in [-0.05, 0) is 48.7 Å². The summed E-state index contributed by atoms with van der Waals surface area (Å²) in [4.78, 5) is 14.0. The molecule has 1 unspecified atom stereocenters. The fourth-order valence-corrected chi connectivity index (χ4v) is 4.79. The molecule has 1 heterocycles. The Balaban J connectivity index is 1.60. The lowest BCUT2D eigenvalue weighted by Crippen LogP contribution is -2.28. The summed E-state index contributed by atoms with van der Waals surface area (Å²) in [6, 6.07) is 16.7. The lowest BCUT2D eigenvalue weighted by molar-refractivity contribution is -0.119. The molecule has 0 N–H and O–H groups in total. The van der Waals surface area contributed by atoms with Crippen LogP contribution in [0.25, 0.3) is 0 Å². The standard InChI is InChI=1S/C19H21NO4S/c1-20(19(21)13-15-11-12-25(22,23)14-15)16-7-9-18(10-8-16)24-17-5-3-2-4-6-17/h2-10,15H,11-14H2,1H3. The predicted octanol–water partition coefficient (Wildman–Crippen LogP) is 3.27. The molecule has 2 aromatic rings. The molecule has 5 nitrogen and oxygen atoms in total. The number of carbonyl (C=O) groups excluding carboxylic acids is 1. The van der Waals surface area contributed by atoms with E-state index in [1.165, 1.54) is 0 Å². The number of para-hydroxylation sites is 1. The zero-order valence-electron chi connectivity index (χ0n) is 14.1. The van der Waals surface area contributed by atoms with Crippen LogP contribution < -0.4 is 9.64 Å². The first-order valence-electron chi connectivity index (χ1n) is 8.23. The quantitative estimate of drug-likeness (QED) is 0.822. The van der Waals surface area contributed by atoms with E-state index in [1.54, 1.807) is 11.9 Å². The number of ether oxygens (including phenoxy) is 1. The average Bonchev–Trinajstić information content (AvgIpc) is 2.94. The van der Waals surface area contributed by atoms with Crippen LogP contribution >= 0.6 is 0 Å². The molecule has 25 heavy (non-hydrogen) atoms. The third-order valence-corrected chi connectivity index (χ3v) is 6.20. The van der Waals surface area contributed by atoms with Gasteiger partial charge in [-0.3, -0.25) is 4.79 Å². The van der Waals surface area contributed by atoms with Crippen LogP contribution in [0.2, 0.25) is 0 Å². The fraction of sp³-hybridized carbons (Fsp3) is 0.316. The van der Waals surface area contributed by atoms with Gasteiger partial charge >= 0.3 is 0 Å². The summed E-state index contributed by atoms with van der Waals surface area (Å²) in [6.07, 6.45) is 0.837. The van der Waals surface area contributed by atoms with Gasteiger partial charge in [-0.25, -0.2) is 8.42 Å². The third kappa shape index (κ3) is 4.60. The molecule has 132 valence electrons. The minimum Gasteiger partial charge on any atom is -0.457 e. The summed E-state index contributed by atoms with van der Waals surface area (Å²) in [5.41, 5.74) is 0.756. The maximum Gasteiger partial charge on any atom is 0.227 e. The molecule has 0 radical (unpaired) electrons. The smallest absolute Gasteiger partial charge is 0.227 e. The molecule has 0 aromatic heterocycles. The molecule has 0 saturated carbocycles. The molecule has 0 aliphatic carbocycles. The molecule has 1 atom stereocenters. The van der Waals surface area contributed by atoms with Crippen molar-refractivity contribution in [3.05, 3.63) is 54.6 Å². The van der Waals surface area contributed by atoms with E-state index in [-0.39, 0.29) is 29.8 Å². The second-order valence-electron chi connectivity index (χ2n) is 6.33. The summed E-state index contributed by atoms with van der Waals surface area (Å²) >= 11 is 0. The zero-order chi connectivity index (χ0) is 17.9. The van der Waals surface area contributed by atoms with Gasteiger partial charge in [-0.1, -0.05) is 18.2 Å². The van der Waals surface area contributed by atoms with Gasteiger partial charge in [0, 0.05) is 19.2 Å². The Morgan fingerprint density at radius 2 is 1.72 bits per heavy atom. The summed E-state index contributed by atoms with van der Waals surface area (Å²) in [7, 11) is -1.25. The minimum atomic E-state index is -2.95. The van der Waals surface area contributed by atoms with Crippen LogP contribution in [0, 0.1) is 5.92 Å². The van der Waals surface area contributed by atoms with Crippen molar-refractivity contribution in [2.24, 2.45) is 5.92 Å². The van der Waals surface area contributed by atoms with Crippen molar-refractivity contribution < 1.29 is 17.9 Å². The fourth-order valence-electron chi connectivity index (χ4n) is 2.92. The van der Waals surface area contributed by atoms with Crippen molar-refractivity contribution in [3.63, 3.8) is 0 Å². The number of sulfone groups is 1. The van der Waals surface area contributed by atoms with Crippen molar-refractivity contribution in [3.8, 4) is 11.5 Å². The van der Waals surface area contributed by atoms with Gasteiger partial charge in [0.15, 0.2) is 9.84 Å². The Morgan fingerprint density at radius 3 is 2.32 bits per heavy atom. The van der Waals surface area contributed by atoms with Crippen LogP contribution in [-0.2, 0) is 14.6 Å². The molecular weight excluding hydrogens is 338 g/mol. The normalized spacial score (nSPS) is 18.7. The molecular formula is C19H21NO4S. The summed E-state index contributed by atoms with van der Waals surface area (Å²) in [6.45, 7) is 0. The Bertz CT molecular complexity index is 831. The highest BCUT2D eigenvalue weighted by Crippen LogP contribution is 2.26. The number of amides is 1. The van der Waals surface area contributed by atoms with Crippen molar-refractivity contribution in [2.45, 2.75) is 12.8 Å². The van der Waals surface area contributed by atoms with Crippen LogP contribution in [0.1, 0.15) is 12.8 Å². The van der Waals surface area contributed by atoms with E-state index in [0.717, 1.165) is 11.4 Å². The summed E-state index contributed by atoms with van der Waals surface area (Å²) < 4.78 is 28.8. The number of benzene rings is 2. The average molecular weight is 359 g/mol. The Hall–Kier alpha value is -2.34. The summed E-state index contributed by atoms with van der Waals surface area (Å²) in [5.74, 6) is 1.62. The van der Waals surface area contributed by atoms with Crippen molar-refractivity contribution in [1.29, 1.82) is 0 Å². The summed E-state index contributed by atoms with van der Waals surface area (Å²) in [5, 5.41) is 0. The van der Waals surface area contributed by atoms with Crippen LogP contribution in [0.4, 0.5) is 5.69 Å². The maximum absolute atomic E-state index is 12.4. The topological polar surface area (TPSA) is 63.7 Å². The van der Waals surface area contributed by atoms with E-state index >= 15 is 0 Å². The number of carbonyl (C=O) groups is 1. The molecule has 1 fully saturated rings. The van der Waals surface area contributed by atoms with Gasteiger partial charge in [0.2, 0.25) is 5.91 Å². The molecule has 6 heteroatoms. The van der Waals surface area contributed by atoms with Gasteiger partial charge < -0.3 is 9.64 Å². The number of rotatable bonds is 5. The number of anilines is 1. The molecule has 3 rings (SSSR count). The predicted molar refractivity (Wildman–Crippen MR) is 97.7 cm³/mol. The van der Waals surface area contributed by atoms with Crippen molar-refractivity contribution >= 4 is 21.4 Å². The highest BCUT2D eigenvalue weighted by atomic mass is 32.2. The highest BCUT2D eigenvalue weighted by molar-refractivity contribution is 7.91. The van der Waals surface area contributed by atoms with Crippen LogP contribution in [-0.4, -0.2) is 32.9 Å². The second kappa shape index (κ2) is 7.27. The molecule has 1 aliphatic heterocycles. The lowest BCUT2D eigenvalue weighted by Gasteiger charge is -2.19. The SMILES string of the molecule is CN(C(=O)CC1CCS(=O)(=O)C1)c1ccc(Oc2ccccc2)cc1. The Morgan fingerprint density at radius 1 is 1.08 bits per heavy atom. The molecule has 1 aliphatic rings. The van der Waals surface area contributed by atoms with E-state index in [2.05, 4.69) is 0 Å². The molecule has 2 aromatic carbocycles. The largest absolute Gasteiger partial charge is 0.457 e. The maximum atomic E-state index is 12.4. The van der Waals surface area contributed by atoms with Gasteiger partial charge in [0.25, 0.3) is 0 Å². The Labute approximate surface area is 148 Å². The van der Waals surface area contributed by atoms with Crippen molar-refractivity contribution in [2.75, 3.05) is 23.5 Å². The number of hydrogen-bond acceptors (Lipinski definition) is 4. The van der Waals surface area contributed by atoms with Crippen molar-refractivity contribution in [1.82, 2.24) is 0 Å². The number of hydrogen-bond donors (Lipinski definition) is 0. The first-order chi connectivity index (χ1) is 11.9. The molecule has 1 saturated heterocycles. The molecule has 0 bridgehead atoms. The molecule has 0 spiro atoms. The Kier molecular flexibility index (Phi) is 5.08. The van der Waals surface area contributed by atoms with Gasteiger partial charge in [-0.15, -0.1) is 0 Å². The van der Waals surface area contributed by atoms with Gasteiger partial charge in [0.05, 0.1) is 11.5 Å². The lowest BCUT2D eigenvalue weighted by atomic mass is 10.0. The third-order valence-electron chi connectivity index (χ3n) is 4.37. The first kappa shape index (κ1) is 17.5. The van der Waals surface area contributed by atoms with E-state index in [1.807, 2.05) is 54.6 Å². The van der Waals surface area contributed by atoms with Gasteiger partial charge in [-0.2, -0.15) is 0 Å². The van der Waals surface area contributed by atoms with E-state index in [9.17, 15) is 13.2 Å². The van der Waals surface area contributed by atoms with E-state index < -0.39 is 9.84 Å². The van der Waals surface area contributed by atoms with E-state index in [4.69, 9.17) is 4.74 Å². The minimum absolute atomic E-state index is 0.0689. The second-order valence-corrected chi connectivity index (χ2v) is 8.56. The highest BCUT2D eigenvalue weighted by Gasteiger charge is 2.30. The van der Waals surface area contributed by atoms with E-state index in [0.29, 0.717) is 12.2 Å². The molecule has 1 amide bonds. The zero-order valence-corrected chi connectivity index (χ0v) is 14.9. The monoisotopic (exact) mass is 359 g/mol. The van der Waals surface area contributed by atoms with Crippen LogP contribution in [0.3, 0.4) is 0 Å². The van der Waals surface area contributed by atoms with Crippen LogP contribution in [0.5, 0.6) is 11.5 Å². The van der Waals surface area contributed by atoms with Gasteiger partial charge in [0.1, 0.15) is 11.5 Å².